The minimum Gasteiger partial charge on any atom is -0.469 e. The molecule has 2 aliphatic rings. The maximum Gasteiger partial charge on any atom is 0.306 e. The van der Waals surface area contributed by atoms with E-state index in [0.29, 0.717) is 0 Å². The summed E-state index contributed by atoms with van der Waals surface area (Å²) < 4.78 is 4.74. The van der Waals surface area contributed by atoms with Gasteiger partial charge in [-0.3, -0.25) is 9.59 Å². The quantitative estimate of drug-likeness (QED) is 0.855. The molecule has 5 heteroatoms. The van der Waals surface area contributed by atoms with E-state index in [1.807, 2.05) is 29.2 Å². The van der Waals surface area contributed by atoms with Crippen LogP contribution in [0.15, 0.2) is 24.3 Å². The minimum atomic E-state index is -0.400. The summed E-state index contributed by atoms with van der Waals surface area (Å²) in [4.78, 5) is 26.3. The second-order valence-electron chi connectivity index (χ2n) is 5.58. The number of hydrogen-bond acceptors (Lipinski definition) is 4. The van der Waals surface area contributed by atoms with Crippen molar-refractivity contribution in [1.82, 2.24) is 5.32 Å². The van der Waals surface area contributed by atoms with E-state index in [4.69, 9.17) is 4.74 Å². The third-order valence-corrected chi connectivity index (χ3v) is 4.38. The Morgan fingerprint density at radius 2 is 2.05 bits per heavy atom. The number of benzene rings is 1. The van der Waals surface area contributed by atoms with Crippen molar-refractivity contribution in [2.75, 3.05) is 25.1 Å². The smallest absolute Gasteiger partial charge is 0.306 e. The SMILES string of the molecule is COC(=O)CC1C(=O)N(C2CCNCC2)c2ccccc21. The fraction of sp³-hybridized carbons (Fsp3) is 0.500. The van der Waals surface area contributed by atoms with Gasteiger partial charge in [-0.05, 0) is 37.6 Å². The number of amides is 1. The molecule has 0 aromatic heterocycles. The minimum absolute atomic E-state index is 0.0356. The molecule has 0 aliphatic carbocycles. The molecule has 1 unspecified atom stereocenters. The van der Waals surface area contributed by atoms with E-state index in [1.165, 1.54) is 7.11 Å². The molecule has 21 heavy (non-hydrogen) atoms. The molecule has 1 N–H and O–H groups in total. The number of piperidine rings is 1. The summed E-state index contributed by atoms with van der Waals surface area (Å²) in [6.07, 6.45) is 2.02. The number of anilines is 1. The lowest BCUT2D eigenvalue weighted by molar-refractivity contribution is -0.142. The summed E-state index contributed by atoms with van der Waals surface area (Å²) in [5.41, 5.74) is 1.91. The van der Waals surface area contributed by atoms with E-state index < -0.39 is 5.92 Å². The van der Waals surface area contributed by atoms with Gasteiger partial charge in [0, 0.05) is 11.7 Å². The van der Waals surface area contributed by atoms with E-state index in [0.717, 1.165) is 37.2 Å². The van der Waals surface area contributed by atoms with Crippen LogP contribution < -0.4 is 10.2 Å². The van der Waals surface area contributed by atoms with E-state index in [-0.39, 0.29) is 24.3 Å². The van der Waals surface area contributed by atoms with Crippen LogP contribution in [0.4, 0.5) is 5.69 Å². The van der Waals surface area contributed by atoms with Gasteiger partial charge in [0.05, 0.1) is 19.4 Å². The van der Waals surface area contributed by atoms with Gasteiger partial charge in [0.15, 0.2) is 0 Å². The van der Waals surface area contributed by atoms with Gasteiger partial charge in [0.2, 0.25) is 5.91 Å². The molecular formula is C16H20N2O3. The highest BCUT2D eigenvalue weighted by molar-refractivity contribution is 6.06. The largest absolute Gasteiger partial charge is 0.469 e. The highest BCUT2D eigenvalue weighted by Gasteiger charge is 2.41. The maximum absolute atomic E-state index is 12.8. The van der Waals surface area contributed by atoms with E-state index in [2.05, 4.69) is 5.32 Å². The van der Waals surface area contributed by atoms with Crippen LogP contribution in [0.3, 0.4) is 0 Å². The predicted octanol–water partition coefficient (Wildman–Crippen LogP) is 1.43. The molecule has 1 amide bonds. The van der Waals surface area contributed by atoms with Gasteiger partial charge in [-0.2, -0.15) is 0 Å². The van der Waals surface area contributed by atoms with Gasteiger partial charge in [0.25, 0.3) is 0 Å². The van der Waals surface area contributed by atoms with Crippen LogP contribution in [0.25, 0.3) is 0 Å². The molecular weight excluding hydrogens is 268 g/mol. The molecule has 2 aliphatic heterocycles. The summed E-state index contributed by atoms with van der Waals surface area (Å²) in [6.45, 7) is 1.86. The topological polar surface area (TPSA) is 58.6 Å². The Labute approximate surface area is 124 Å². The molecule has 1 aromatic rings. The van der Waals surface area contributed by atoms with Crippen LogP contribution in [0, 0.1) is 0 Å². The van der Waals surface area contributed by atoms with E-state index in [1.54, 1.807) is 0 Å². The van der Waals surface area contributed by atoms with Crippen molar-refractivity contribution >= 4 is 17.6 Å². The molecule has 1 fully saturated rings. The highest BCUT2D eigenvalue weighted by atomic mass is 16.5. The van der Waals surface area contributed by atoms with Crippen molar-refractivity contribution in [2.24, 2.45) is 0 Å². The molecule has 0 spiro atoms. The number of methoxy groups -OCH3 is 1. The number of para-hydroxylation sites is 1. The molecule has 112 valence electrons. The lowest BCUT2D eigenvalue weighted by Crippen LogP contribution is -2.45. The third-order valence-electron chi connectivity index (χ3n) is 4.38. The Morgan fingerprint density at radius 1 is 1.33 bits per heavy atom. The van der Waals surface area contributed by atoms with Gasteiger partial charge >= 0.3 is 5.97 Å². The van der Waals surface area contributed by atoms with Crippen LogP contribution in [-0.4, -0.2) is 38.1 Å². The number of carbonyl (C=O) groups excluding carboxylic acids is 2. The lowest BCUT2D eigenvalue weighted by atomic mass is 9.97. The Kier molecular flexibility index (Phi) is 3.92. The monoisotopic (exact) mass is 288 g/mol. The summed E-state index contributed by atoms with van der Waals surface area (Å²) in [5, 5.41) is 3.32. The molecule has 1 atom stereocenters. The maximum atomic E-state index is 12.8. The van der Waals surface area contributed by atoms with Crippen LogP contribution in [0.2, 0.25) is 0 Å². The Balaban J connectivity index is 1.91. The summed E-state index contributed by atoms with van der Waals surface area (Å²) in [6, 6.07) is 8.01. The van der Waals surface area contributed by atoms with Gasteiger partial charge in [-0.15, -0.1) is 0 Å². The lowest BCUT2D eigenvalue weighted by Gasteiger charge is -2.32. The molecule has 0 radical (unpaired) electrons. The van der Waals surface area contributed by atoms with Gasteiger partial charge < -0.3 is 15.0 Å². The van der Waals surface area contributed by atoms with Crippen molar-refractivity contribution in [2.45, 2.75) is 31.2 Å². The second-order valence-corrected chi connectivity index (χ2v) is 5.58. The molecule has 0 saturated carbocycles. The summed E-state index contributed by atoms with van der Waals surface area (Å²) in [7, 11) is 1.36. The van der Waals surface area contributed by atoms with Crippen molar-refractivity contribution in [1.29, 1.82) is 0 Å². The number of hydrogen-bond donors (Lipinski definition) is 1. The molecule has 0 bridgehead atoms. The Morgan fingerprint density at radius 3 is 2.76 bits per heavy atom. The number of nitrogens with zero attached hydrogens (tertiary/aromatic N) is 1. The van der Waals surface area contributed by atoms with Crippen molar-refractivity contribution in [3.63, 3.8) is 0 Å². The van der Waals surface area contributed by atoms with Crippen LogP contribution in [0.5, 0.6) is 0 Å². The number of ether oxygens (including phenoxy) is 1. The Bertz CT molecular complexity index is 552. The van der Waals surface area contributed by atoms with Crippen molar-refractivity contribution in [3.05, 3.63) is 29.8 Å². The van der Waals surface area contributed by atoms with Gasteiger partial charge in [-0.25, -0.2) is 0 Å². The first-order valence-electron chi connectivity index (χ1n) is 7.42. The average molecular weight is 288 g/mol. The zero-order valence-electron chi connectivity index (χ0n) is 12.2. The molecule has 1 aromatic carbocycles. The van der Waals surface area contributed by atoms with Crippen molar-refractivity contribution in [3.8, 4) is 0 Å². The normalized spacial score (nSPS) is 22.2. The zero-order chi connectivity index (χ0) is 14.8. The highest BCUT2D eigenvalue weighted by Crippen LogP contribution is 2.41. The molecule has 2 heterocycles. The summed E-state index contributed by atoms with van der Waals surface area (Å²) >= 11 is 0. The third kappa shape index (κ3) is 2.53. The first-order valence-corrected chi connectivity index (χ1v) is 7.42. The molecule has 5 nitrogen and oxygen atoms in total. The fourth-order valence-electron chi connectivity index (χ4n) is 3.31. The first kappa shape index (κ1) is 14.1. The Hall–Kier alpha value is -1.88. The van der Waals surface area contributed by atoms with Crippen LogP contribution in [-0.2, 0) is 14.3 Å². The first-order chi connectivity index (χ1) is 10.2. The second kappa shape index (κ2) is 5.85. The number of nitrogens with one attached hydrogen (secondary N) is 1. The van der Waals surface area contributed by atoms with Crippen molar-refractivity contribution < 1.29 is 14.3 Å². The van der Waals surface area contributed by atoms with E-state index in [9.17, 15) is 9.59 Å². The number of esters is 1. The average Bonchev–Trinajstić information content (AvgIpc) is 2.80. The summed E-state index contributed by atoms with van der Waals surface area (Å²) in [5.74, 6) is -0.702. The number of fused-ring (bicyclic) bond motifs is 1. The fourth-order valence-corrected chi connectivity index (χ4v) is 3.31. The van der Waals surface area contributed by atoms with Crippen LogP contribution >= 0.6 is 0 Å². The zero-order valence-corrected chi connectivity index (χ0v) is 12.2. The number of carbonyl (C=O) groups is 2. The number of rotatable bonds is 3. The van der Waals surface area contributed by atoms with Gasteiger partial charge in [-0.1, -0.05) is 18.2 Å². The van der Waals surface area contributed by atoms with E-state index >= 15 is 0 Å². The predicted molar refractivity (Wildman–Crippen MR) is 79.2 cm³/mol. The molecule has 1 saturated heterocycles. The van der Waals surface area contributed by atoms with Crippen LogP contribution in [0.1, 0.15) is 30.7 Å². The van der Waals surface area contributed by atoms with Gasteiger partial charge in [0.1, 0.15) is 0 Å². The standard InChI is InChI=1S/C16H20N2O3/c1-21-15(19)10-13-12-4-2-3-5-14(12)18(16(13)20)11-6-8-17-9-7-11/h2-5,11,13,17H,6-10H2,1H3. The molecule has 3 rings (SSSR count).